The zero-order chi connectivity index (χ0) is 11.6. The van der Waals surface area contributed by atoms with E-state index >= 15 is 0 Å². The van der Waals surface area contributed by atoms with Crippen molar-refractivity contribution in [3.05, 3.63) is 0 Å². The predicted octanol–water partition coefficient (Wildman–Crippen LogP) is -0.0824. The molecular weight excluding hydrogens is 204 g/mol. The zero-order valence-corrected chi connectivity index (χ0v) is 8.21. The maximum atomic E-state index is 11.2. The van der Waals surface area contributed by atoms with Crippen molar-refractivity contribution in [1.82, 2.24) is 9.80 Å². The van der Waals surface area contributed by atoms with Crippen molar-refractivity contribution in [2.24, 2.45) is 0 Å². The molecule has 1 fully saturated rings. The summed E-state index contributed by atoms with van der Waals surface area (Å²) < 4.78 is 0. The molecule has 1 aliphatic rings. The van der Waals surface area contributed by atoms with Crippen molar-refractivity contribution in [1.29, 1.82) is 0 Å². The topological polar surface area (TPSA) is 98.2 Å². The fourth-order valence-electron chi connectivity index (χ4n) is 1.53. The highest BCUT2D eigenvalue weighted by Gasteiger charge is 2.34. The molecule has 7 nitrogen and oxygen atoms in total. The van der Waals surface area contributed by atoms with E-state index in [0.717, 1.165) is 9.80 Å². The van der Waals surface area contributed by atoms with Crippen LogP contribution in [0.15, 0.2) is 0 Å². The van der Waals surface area contributed by atoms with Crippen molar-refractivity contribution in [3.8, 4) is 0 Å². The first-order valence-electron chi connectivity index (χ1n) is 4.41. The minimum atomic E-state index is -1.19. The fourth-order valence-corrected chi connectivity index (χ4v) is 1.53. The lowest BCUT2D eigenvalue weighted by molar-refractivity contribution is -0.123. The Balaban J connectivity index is 2.78. The molecule has 1 aliphatic heterocycles. The van der Waals surface area contributed by atoms with Gasteiger partial charge in [-0.15, -0.1) is 0 Å². The van der Waals surface area contributed by atoms with Gasteiger partial charge in [0.2, 0.25) is 0 Å². The molecule has 2 amide bonds. The molecule has 15 heavy (non-hydrogen) atoms. The van der Waals surface area contributed by atoms with E-state index in [2.05, 4.69) is 0 Å². The molecular formula is C8H12N2O5. The van der Waals surface area contributed by atoms with Crippen LogP contribution in [0, 0.1) is 0 Å². The lowest BCUT2D eigenvalue weighted by Crippen LogP contribution is -2.58. The van der Waals surface area contributed by atoms with Crippen LogP contribution in [0.25, 0.3) is 0 Å². The average molecular weight is 216 g/mol. The maximum absolute atomic E-state index is 11.2. The van der Waals surface area contributed by atoms with Gasteiger partial charge in [0.1, 0.15) is 6.04 Å². The van der Waals surface area contributed by atoms with Gasteiger partial charge in [-0.25, -0.2) is 9.59 Å². The Morgan fingerprint density at radius 2 is 1.73 bits per heavy atom. The molecule has 0 radical (unpaired) electrons. The summed E-state index contributed by atoms with van der Waals surface area (Å²) in [6.45, 7) is 1.31. The quantitative estimate of drug-likeness (QED) is 0.638. The summed E-state index contributed by atoms with van der Waals surface area (Å²) in [5, 5.41) is 17.5. The minimum Gasteiger partial charge on any atom is -0.465 e. The molecule has 0 aromatic heterocycles. The van der Waals surface area contributed by atoms with Gasteiger partial charge < -0.3 is 15.1 Å². The molecule has 0 unspecified atom stereocenters. The summed E-state index contributed by atoms with van der Waals surface area (Å²) in [5.41, 5.74) is 0. The van der Waals surface area contributed by atoms with Crippen molar-refractivity contribution < 1.29 is 24.6 Å². The number of hydrogen-bond acceptors (Lipinski definition) is 3. The van der Waals surface area contributed by atoms with Crippen LogP contribution in [-0.4, -0.2) is 63.7 Å². The normalized spacial score (nSPS) is 21.3. The number of rotatable bonds is 1. The van der Waals surface area contributed by atoms with Gasteiger partial charge in [0.15, 0.2) is 5.78 Å². The van der Waals surface area contributed by atoms with Gasteiger partial charge in [-0.1, -0.05) is 0 Å². The number of carboxylic acid groups (broad SMARTS) is 2. The van der Waals surface area contributed by atoms with Gasteiger partial charge in [-0.2, -0.15) is 0 Å². The van der Waals surface area contributed by atoms with E-state index in [1.807, 2.05) is 0 Å². The van der Waals surface area contributed by atoms with Crippen molar-refractivity contribution >= 4 is 18.0 Å². The number of carbonyl (C=O) groups excluding carboxylic acids is 1. The second kappa shape index (κ2) is 4.16. The highest BCUT2D eigenvalue weighted by molar-refractivity contribution is 5.86. The van der Waals surface area contributed by atoms with E-state index < -0.39 is 18.2 Å². The highest BCUT2D eigenvalue weighted by Crippen LogP contribution is 2.11. The van der Waals surface area contributed by atoms with Crippen LogP contribution in [0.5, 0.6) is 0 Å². The van der Waals surface area contributed by atoms with Gasteiger partial charge in [0.05, 0.1) is 6.54 Å². The predicted molar refractivity (Wildman–Crippen MR) is 48.8 cm³/mol. The third-order valence-corrected chi connectivity index (χ3v) is 2.37. The standard InChI is InChI=1S/C8H12N2O5/c1-5(11)6-4-9(7(12)13)2-3-10(6)8(14)15/h6H,2-4H2,1H3,(H,12,13)(H,14,15)/t6-/m0/s1. The molecule has 1 heterocycles. The average Bonchev–Trinajstić information content (AvgIpc) is 2.16. The Morgan fingerprint density at radius 1 is 1.13 bits per heavy atom. The Morgan fingerprint density at radius 3 is 2.13 bits per heavy atom. The van der Waals surface area contributed by atoms with Crippen LogP contribution in [0.1, 0.15) is 6.92 Å². The molecule has 1 rings (SSSR count). The smallest absolute Gasteiger partial charge is 0.408 e. The van der Waals surface area contributed by atoms with Crippen LogP contribution in [0.4, 0.5) is 9.59 Å². The maximum Gasteiger partial charge on any atom is 0.408 e. The number of piperazine rings is 1. The van der Waals surface area contributed by atoms with E-state index in [4.69, 9.17) is 10.2 Å². The van der Waals surface area contributed by atoms with Crippen molar-refractivity contribution in [2.45, 2.75) is 13.0 Å². The lowest BCUT2D eigenvalue weighted by Gasteiger charge is -2.37. The van der Waals surface area contributed by atoms with Crippen LogP contribution < -0.4 is 0 Å². The molecule has 84 valence electrons. The summed E-state index contributed by atoms with van der Waals surface area (Å²) in [6.07, 6.45) is -2.33. The van der Waals surface area contributed by atoms with Crippen LogP contribution in [0.2, 0.25) is 0 Å². The van der Waals surface area contributed by atoms with Gasteiger partial charge in [0.25, 0.3) is 0 Å². The SMILES string of the molecule is CC(=O)[C@@H]1CN(C(=O)O)CCN1C(=O)O. The number of hydrogen-bond donors (Lipinski definition) is 2. The zero-order valence-electron chi connectivity index (χ0n) is 8.21. The second-order valence-electron chi connectivity index (χ2n) is 3.33. The molecule has 0 spiro atoms. The number of amides is 2. The Hall–Kier alpha value is -1.79. The van der Waals surface area contributed by atoms with Gasteiger partial charge in [-0.3, -0.25) is 9.69 Å². The monoisotopic (exact) mass is 216 g/mol. The third kappa shape index (κ3) is 2.36. The number of carbonyl (C=O) groups is 3. The third-order valence-electron chi connectivity index (χ3n) is 2.37. The Bertz CT molecular complexity index is 303. The van der Waals surface area contributed by atoms with Crippen molar-refractivity contribution in [3.63, 3.8) is 0 Å². The van der Waals surface area contributed by atoms with Gasteiger partial charge in [-0.05, 0) is 6.92 Å². The highest BCUT2D eigenvalue weighted by atomic mass is 16.4. The summed E-state index contributed by atoms with van der Waals surface area (Å²) in [7, 11) is 0. The Kier molecular flexibility index (Phi) is 3.13. The Labute approximate surface area is 85.9 Å². The first kappa shape index (κ1) is 11.3. The minimum absolute atomic E-state index is 0.0336. The summed E-state index contributed by atoms with van der Waals surface area (Å²) in [4.78, 5) is 34.6. The molecule has 0 aromatic carbocycles. The van der Waals surface area contributed by atoms with E-state index in [1.54, 1.807) is 0 Å². The van der Waals surface area contributed by atoms with Crippen LogP contribution in [-0.2, 0) is 4.79 Å². The van der Waals surface area contributed by atoms with Gasteiger partial charge >= 0.3 is 12.2 Å². The molecule has 0 bridgehead atoms. The van der Waals surface area contributed by atoms with E-state index in [0.29, 0.717) is 0 Å². The summed E-state index contributed by atoms with van der Waals surface area (Å²) in [5.74, 6) is -0.344. The largest absolute Gasteiger partial charge is 0.465 e. The van der Waals surface area contributed by atoms with E-state index in [1.165, 1.54) is 6.92 Å². The first-order chi connectivity index (χ1) is 6.93. The molecule has 2 N–H and O–H groups in total. The number of nitrogens with zero attached hydrogens (tertiary/aromatic N) is 2. The molecule has 0 aromatic rings. The molecule has 1 saturated heterocycles. The van der Waals surface area contributed by atoms with E-state index in [9.17, 15) is 14.4 Å². The molecule has 0 saturated carbocycles. The van der Waals surface area contributed by atoms with Gasteiger partial charge in [0, 0.05) is 13.1 Å². The second-order valence-corrected chi connectivity index (χ2v) is 3.33. The van der Waals surface area contributed by atoms with Crippen LogP contribution in [0.3, 0.4) is 0 Å². The van der Waals surface area contributed by atoms with E-state index in [-0.39, 0.29) is 25.4 Å². The van der Waals surface area contributed by atoms with Crippen LogP contribution >= 0.6 is 0 Å². The molecule has 0 aliphatic carbocycles. The fraction of sp³-hybridized carbons (Fsp3) is 0.625. The first-order valence-corrected chi connectivity index (χ1v) is 4.41. The summed E-state index contributed by atoms with van der Waals surface area (Å²) >= 11 is 0. The lowest BCUT2D eigenvalue weighted by atomic mass is 10.1. The number of ketones is 1. The number of Topliss-reactive ketones (excluding diaryl/α,β-unsaturated/α-hetero) is 1. The molecule has 1 atom stereocenters. The molecule has 7 heteroatoms. The summed E-state index contributed by atoms with van der Waals surface area (Å²) in [6, 6.07) is -0.882. The van der Waals surface area contributed by atoms with Crippen molar-refractivity contribution in [2.75, 3.05) is 19.6 Å².